The molecule has 0 spiro atoms. The van der Waals surface area contributed by atoms with Crippen molar-refractivity contribution >= 4 is 44.7 Å². The van der Waals surface area contributed by atoms with Gasteiger partial charge in [-0.1, -0.05) is 18.2 Å². The summed E-state index contributed by atoms with van der Waals surface area (Å²) in [5.74, 6) is 0.955. The lowest BCUT2D eigenvalue weighted by Gasteiger charge is -2.18. The summed E-state index contributed by atoms with van der Waals surface area (Å²) in [4.78, 5) is 30.4. The quantitative estimate of drug-likeness (QED) is 0.467. The Hall–Kier alpha value is -3.91. The zero-order valence-corrected chi connectivity index (χ0v) is 18.0. The Balaban J connectivity index is 1.33. The Bertz CT molecular complexity index is 1320. The third-order valence-electron chi connectivity index (χ3n) is 5.05. The molecule has 2 aromatic heterocycles. The van der Waals surface area contributed by atoms with Gasteiger partial charge in [-0.25, -0.2) is 4.98 Å². The van der Waals surface area contributed by atoms with E-state index >= 15 is 0 Å². The zero-order chi connectivity index (χ0) is 22.1. The maximum absolute atomic E-state index is 12.8. The minimum Gasteiger partial charge on any atom is -0.486 e. The number of hydrogen-bond acceptors (Lipinski definition) is 6. The molecule has 4 aromatic rings. The standard InChI is InChI=1S/C24H19N3O4S/c1-14-13-25-22(27-23(28)16-6-7-18-19(10-16)31-9-8-30-18)12-17(14)26-24(29)21-11-15-4-2-3-5-20(15)32-21/h2-7,10-13H,8-9H2,1H3,(H2,25,26,27,28,29). The summed E-state index contributed by atoms with van der Waals surface area (Å²) in [6, 6.07) is 16.4. The number of pyridine rings is 1. The fourth-order valence-corrected chi connectivity index (χ4v) is 4.34. The van der Waals surface area contributed by atoms with Crippen LogP contribution in [0.15, 0.2) is 60.8 Å². The number of aryl methyl sites for hydroxylation is 1. The Morgan fingerprint density at radius 1 is 0.938 bits per heavy atom. The number of ether oxygens (including phenoxy) is 2. The first-order valence-electron chi connectivity index (χ1n) is 10.0. The van der Waals surface area contributed by atoms with Crippen molar-refractivity contribution in [2.24, 2.45) is 0 Å². The first-order valence-corrected chi connectivity index (χ1v) is 10.9. The van der Waals surface area contributed by atoms with Crippen molar-refractivity contribution in [2.75, 3.05) is 23.8 Å². The molecule has 1 aliphatic rings. The predicted molar refractivity (Wildman–Crippen MR) is 124 cm³/mol. The molecule has 0 radical (unpaired) electrons. The summed E-state index contributed by atoms with van der Waals surface area (Å²) in [5.41, 5.74) is 1.80. The van der Waals surface area contributed by atoms with Crippen LogP contribution < -0.4 is 20.1 Å². The van der Waals surface area contributed by atoms with E-state index in [4.69, 9.17) is 9.47 Å². The van der Waals surface area contributed by atoms with E-state index in [1.165, 1.54) is 11.3 Å². The fourth-order valence-electron chi connectivity index (χ4n) is 3.38. The zero-order valence-electron chi connectivity index (χ0n) is 17.2. The number of thiophene rings is 1. The van der Waals surface area contributed by atoms with Crippen LogP contribution in [-0.2, 0) is 0 Å². The van der Waals surface area contributed by atoms with Crippen LogP contribution >= 0.6 is 11.3 Å². The van der Waals surface area contributed by atoms with Gasteiger partial charge in [0, 0.05) is 28.2 Å². The predicted octanol–water partition coefficient (Wildman–Crippen LogP) is 4.88. The van der Waals surface area contributed by atoms with Gasteiger partial charge in [-0.15, -0.1) is 11.3 Å². The molecule has 32 heavy (non-hydrogen) atoms. The van der Waals surface area contributed by atoms with Crippen molar-refractivity contribution in [3.63, 3.8) is 0 Å². The molecule has 2 amide bonds. The first kappa shape index (κ1) is 20.0. The Morgan fingerprint density at radius 2 is 1.75 bits per heavy atom. The van der Waals surface area contributed by atoms with Crippen LogP contribution in [0.3, 0.4) is 0 Å². The average molecular weight is 446 g/mol. The number of hydrogen-bond donors (Lipinski definition) is 2. The van der Waals surface area contributed by atoms with Gasteiger partial charge in [0.1, 0.15) is 19.0 Å². The van der Waals surface area contributed by atoms with E-state index in [1.807, 2.05) is 37.3 Å². The van der Waals surface area contributed by atoms with Gasteiger partial charge < -0.3 is 20.1 Å². The average Bonchev–Trinajstić information content (AvgIpc) is 3.25. The maximum atomic E-state index is 12.8. The van der Waals surface area contributed by atoms with Crippen molar-refractivity contribution in [2.45, 2.75) is 6.92 Å². The van der Waals surface area contributed by atoms with Gasteiger partial charge in [-0.3, -0.25) is 9.59 Å². The lowest BCUT2D eigenvalue weighted by Crippen LogP contribution is -2.18. The Labute approximate surface area is 188 Å². The van der Waals surface area contributed by atoms with Gasteiger partial charge >= 0.3 is 0 Å². The number of rotatable bonds is 4. The van der Waals surface area contributed by atoms with Crippen LogP contribution in [0.5, 0.6) is 11.5 Å². The molecule has 2 aromatic carbocycles. The highest BCUT2D eigenvalue weighted by Crippen LogP contribution is 2.31. The SMILES string of the molecule is Cc1cnc(NC(=O)c2ccc3c(c2)OCCO3)cc1NC(=O)c1cc2ccccc2s1. The van der Waals surface area contributed by atoms with Gasteiger partial charge in [0.15, 0.2) is 11.5 Å². The number of nitrogens with zero attached hydrogens (tertiary/aromatic N) is 1. The number of fused-ring (bicyclic) bond motifs is 2. The van der Waals surface area contributed by atoms with E-state index in [0.717, 1.165) is 15.6 Å². The number of carbonyl (C=O) groups is 2. The van der Waals surface area contributed by atoms with Crippen molar-refractivity contribution in [1.82, 2.24) is 4.98 Å². The second kappa shape index (κ2) is 8.32. The molecule has 5 rings (SSSR count). The molecule has 8 heteroatoms. The molecule has 0 saturated carbocycles. The number of carbonyl (C=O) groups excluding carboxylic acids is 2. The van der Waals surface area contributed by atoms with Crippen LogP contribution in [0.2, 0.25) is 0 Å². The number of aromatic nitrogens is 1. The summed E-state index contributed by atoms with van der Waals surface area (Å²) in [5, 5.41) is 6.73. The summed E-state index contributed by atoms with van der Waals surface area (Å²) < 4.78 is 12.1. The van der Waals surface area contributed by atoms with E-state index in [1.54, 1.807) is 30.5 Å². The first-order chi connectivity index (χ1) is 15.6. The van der Waals surface area contributed by atoms with Crippen molar-refractivity contribution in [1.29, 1.82) is 0 Å². The number of benzene rings is 2. The molecule has 0 unspecified atom stereocenters. The summed E-state index contributed by atoms with van der Waals surface area (Å²) >= 11 is 1.43. The largest absolute Gasteiger partial charge is 0.486 e. The summed E-state index contributed by atoms with van der Waals surface area (Å²) in [6.07, 6.45) is 1.61. The molecule has 3 heterocycles. The molecule has 0 atom stereocenters. The second-order valence-corrected chi connectivity index (χ2v) is 8.38. The third-order valence-corrected chi connectivity index (χ3v) is 6.16. The highest BCUT2D eigenvalue weighted by molar-refractivity contribution is 7.20. The number of nitrogens with one attached hydrogen (secondary N) is 2. The smallest absolute Gasteiger partial charge is 0.265 e. The molecule has 7 nitrogen and oxygen atoms in total. The summed E-state index contributed by atoms with van der Waals surface area (Å²) in [7, 11) is 0. The van der Waals surface area contributed by atoms with Gasteiger partial charge in [-0.2, -0.15) is 0 Å². The van der Waals surface area contributed by atoms with Crippen molar-refractivity contribution in [3.8, 4) is 11.5 Å². The molecule has 0 bridgehead atoms. The monoisotopic (exact) mass is 445 g/mol. The molecule has 1 aliphatic heterocycles. The number of anilines is 2. The lowest BCUT2D eigenvalue weighted by molar-refractivity contribution is 0.102. The van der Waals surface area contributed by atoms with Crippen LogP contribution in [0.4, 0.5) is 11.5 Å². The second-order valence-electron chi connectivity index (χ2n) is 7.30. The topological polar surface area (TPSA) is 89.6 Å². The van der Waals surface area contributed by atoms with E-state index in [0.29, 0.717) is 46.7 Å². The molecule has 0 aliphatic carbocycles. The van der Waals surface area contributed by atoms with E-state index < -0.39 is 0 Å². The highest BCUT2D eigenvalue weighted by Gasteiger charge is 2.17. The molecular weight excluding hydrogens is 426 g/mol. The van der Waals surface area contributed by atoms with E-state index in [-0.39, 0.29) is 11.8 Å². The maximum Gasteiger partial charge on any atom is 0.265 e. The van der Waals surface area contributed by atoms with Crippen molar-refractivity contribution < 1.29 is 19.1 Å². The van der Waals surface area contributed by atoms with E-state index in [9.17, 15) is 9.59 Å². The van der Waals surface area contributed by atoms with E-state index in [2.05, 4.69) is 15.6 Å². The van der Waals surface area contributed by atoms with Crippen molar-refractivity contribution in [3.05, 3.63) is 76.8 Å². The molecule has 2 N–H and O–H groups in total. The van der Waals surface area contributed by atoms with Gasteiger partial charge in [-0.05, 0) is 48.2 Å². The molecule has 0 saturated heterocycles. The molecule has 160 valence electrons. The van der Waals surface area contributed by atoms with Gasteiger partial charge in [0.05, 0.1) is 4.88 Å². The van der Waals surface area contributed by atoms with Gasteiger partial charge in [0.25, 0.3) is 11.8 Å². The van der Waals surface area contributed by atoms with Crippen LogP contribution in [0.1, 0.15) is 25.6 Å². The summed E-state index contributed by atoms with van der Waals surface area (Å²) in [6.45, 7) is 2.78. The molecule has 0 fully saturated rings. The van der Waals surface area contributed by atoms with Crippen LogP contribution in [0, 0.1) is 6.92 Å². The number of amides is 2. The highest BCUT2D eigenvalue weighted by atomic mass is 32.1. The van der Waals surface area contributed by atoms with Gasteiger partial charge in [0.2, 0.25) is 0 Å². The molecular formula is C24H19N3O4S. The Kier molecular flexibility index (Phi) is 5.20. The minimum absolute atomic E-state index is 0.204. The fraction of sp³-hybridized carbons (Fsp3) is 0.125. The minimum atomic E-state index is -0.333. The third kappa shape index (κ3) is 4.00. The van der Waals surface area contributed by atoms with Crippen LogP contribution in [0.25, 0.3) is 10.1 Å². The lowest BCUT2D eigenvalue weighted by atomic mass is 10.1. The Morgan fingerprint density at radius 3 is 2.59 bits per heavy atom. The normalized spacial score (nSPS) is 12.4. The van der Waals surface area contributed by atoms with Crippen LogP contribution in [-0.4, -0.2) is 30.0 Å².